The molecule has 0 unspecified atom stereocenters. The molecule has 0 amide bonds. The Labute approximate surface area is 61.2 Å². The second-order valence-electron chi connectivity index (χ2n) is 2.19. The lowest BCUT2D eigenvalue weighted by atomic mass is 10.5. The van der Waals surface area contributed by atoms with Gasteiger partial charge in [-0.1, -0.05) is 0 Å². The molecule has 0 saturated carbocycles. The number of hydrogen-bond donors (Lipinski definition) is 1. The van der Waals surface area contributed by atoms with Crippen LogP contribution >= 0.6 is 11.8 Å². The van der Waals surface area contributed by atoms with E-state index in [9.17, 15) is 0 Å². The third-order valence-electron chi connectivity index (χ3n) is 0.985. The van der Waals surface area contributed by atoms with Gasteiger partial charge in [0.15, 0.2) is 0 Å². The first kappa shape index (κ1) is 9.27. The first-order valence-electron chi connectivity index (χ1n) is 3.10. The van der Waals surface area contributed by atoms with Crippen molar-refractivity contribution in [1.82, 2.24) is 4.90 Å². The molecule has 0 radical (unpaired) electrons. The molecule has 0 rings (SSSR count). The predicted molar refractivity (Wildman–Crippen MR) is 42.7 cm³/mol. The Hall–Kier alpha value is 0.270. The number of nitrogens with zero attached hydrogens (tertiary/aromatic N) is 1. The van der Waals surface area contributed by atoms with Crippen molar-refractivity contribution in [2.45, 2.75) is 6.42 Å². The van der Waals surface area contributed by atoms with Crippen LogP contribution in [0.1, 0.15) is 6.42 Å². The highest BCUT2D eigenvalue weighted by Crippen LogP contribution is 1.98. The Balaban J connectivity index is 2.75. The molecule has 3 heteroatoms. The van der Waals surface area contributed by atoms with E-state index < -0.39 is 0 Å². The highest BCUT2D eigenvalue weighted by Gasteiger charge is 1.88. The summed E-state index contributed by atoms with van der Waals surface area (Å²) in [6.45, 7) is 1.12. The topological polar surface area (TPSA) is 23.5 Å². The fourth-order valence-corrected chi connectivity index (χ4v) is 1.01. The molecule has 0 spiro atoms. The van der Waals surface area contributed by atoms with E-state index in [0.717, 1.165) is 18.7 Å². The fraction of sp³-hybridized carbons (Fsp3) is 1.00. The second-order valence-corrected chi connectivity index (χ2v) is 3.27. The zero-order valence-electron chi connectivity index (χ0n) is 6.13. The molecular formula is C6H15NOS. The summed E-state index contributed by atoms with van der Waals surface area (Å²) in [7, 11) is 4.12. The molecule has 0 saturated heterocycles. The van der Waals surface area contributed by atoms with E-state index in [0.29, 0.717) is 0 Å². The summed E-state index contributed by atoms with van der Waals surface area (Å²) in [5.74, 6) is 1.32. The summed E-state index contributed by atoms with van der Waals surface area (Å²) >= 11 is 1.58. The Bertz CT molecular complexity index is 59.0. The molecule has 0 aromatic heterocycles. The minimum atomic E-state index is 0.257. The van der Waals surface area contributed by atoms with Gasteiger partial charge in [-0.05, 0) is 32.8 Å². The summed E-state index contributed by atoms with van der Waals surface area (Å²) in [6, 6.07) is 0. The Morgan fingerprint density at radius 3 is 2.56 bits per heavy atom. The summed E-state index contributed by atoms with van der Waals surface area (Å²) in [4.78, 5) is 2.15. The highest BCUT2D eigenvalue weighted by molar-refractivity contribution is 7.99. The Morgan fingerprint density at radius 2 is 2.11 bits per heavy atom. The molecule has 0 aliphatic heterocycles. The maximum absolute atomic E-state index is 8.38. The minimum absolute atomic E-state index is 0.257. The molecule has 1 N–H and O–H groups in total. The molecule has 0 aliphatic carbocycles. The molecule has 0 atom stereocenters. The number of aliphatic hydroxyl groups excluding tert-OH is 1. The van der Waals surface area contributed by atoms with Crippen molar-refractivity contribution in [2.75, 3.05) is 32.3 Å². The second kappa shape index (κ2) is 6.39. The van der Waals surface area contributed by atoms with E-state index >= 15 is 0 Å². The van der Waals surface area contributed by atoms with Crippen LogP contribution in [0.25, 0.3) is 0 Å². The van der Waals surface area contributed by atoms with Gasteiger partial charge in [-0.2, -0.15) is 0 Å². The van der Waals surface area contributed by atoms with Crippen LogP contribution in [-0.2, 0) is 0 Å². The molecule has 0 aliphatic rings. The van der Waals surface area contributed by atoms with E-state index in [-0.39, 0.29) is 5.94 Å². The average Bonchev–Trinajstić information content (AvgIpc) is 1.80. The molecule has 2 nitrogen and oxygen atoms in total. The molecule has 0 aromatic carbocycles. The van der Waals surface area contributed by atoms with Gasteiger partial charge in [-0.15, -0.1) is 11.8 Å². The van der Waals surface area contributed by atoms with Gasteiger partial charge in [0.1, 0.15) is 0 Å². The van der Waals surface area contributed by atoms with Crippen LogP contribution in [0.5, 0.6) is 0 Å². The van der Waals surface area contributed by atoms with Crippen LogP contribution in [0.4, 0.5) is 0 Å². The third kappa shape index (κ3) is 8.27. The lowest BCUT2D eigenvalue weighted by molar-refractivity contribution is 0.374. The molecule has 0 aromatic rings. The smallest absolute Gasteiger partial charge is 0.0885 e. The maximum atomic E-state index is 8.38. The molecule has 0 bridgehead atoms. The third-order valence-corrected chi connectivity index (χ3v) is 1.75. The highest BCUT2D eigenvalue weighted by atomic mass is 32.2. The Kier molecular flexibility index (Phi) is 6.58. The van der Waals surface area contributed by atoms with Crippen molar-refractivity contribution >= 4 is 11.8 Å². The Morgan fingerprint density at radius 1 is 1.44 bits per heavy atom. The number of rotatable bonds is 5. The number of hydrogen-bond acceptors (Lipinski definition) is 3. The summed E-state index contributed by atoms with van der Waals surface area (Å²) < 4.78 is 0. The van der Waals surface area contributed by atoms with Gasteiger partial charge in [0.25, 0.3) is 0 Å². The zero-order valence-corrected chi connectivity index (χ0v) is 6.95. The zero-order chi connectivity index (χ0) is 7.11. The van der Waals surface area contributed by atoms with E-state index in [1.807, 2.05) is 0 Å². The van der Waals surface area contributed by atoms with Gasteiger partial charge in [-0.25, -0.2) is 0 Å². The monoisotopic (exact) mass is 149 g/mol. The largest absolute Gasteiger partial charge is 0.386 e. The van der Waals surface area contributed by atoms with Crippen molar-refractivity contribution in [3.05, 3.63) is 0 Å². The van der Waals surface area contributed by atoms with Crippen LogP contribution in [-0.4, -0.2) is 42.3 Å². The van der Waals surface area contributed by atoms with Crippen molar-refractivity contribution in [3.63, 3.8) is 0 Å². The molecule has 56 valence electrons. The minimum Gasteiger partial charge on any atom is -0.386 e. The van der Waals surface area contributed by atoms with Crippen LogP contribution < -0.4 is 0 Å². The maximum Gasteiger partial charge on any atom is 0.0885 e. The molecular weight excluding hydrogens is 134 g/mol. The quantitative estimate of drug-likeness (QED) is 0.458. The average molecular weight is 149 g/mol. The standard InChI is InChI=1S/C6H15NOS/c1-7(2)4-3-5-9-6-8/h8H,3-6H2,1-2H3. The lowest BCUT2D eigenvalue weighted by Gasteiger charge is -2.07. The van der Waals surface area contributed by atoms with E-state index in [1.54, 1.807) is 11.8 Å². The number of aliphatic hydroxyl groups is 1. The first-order chi connectivity index (χ1) is 4.27. The normalized spacial score (nSPS) is 10.7. The van der Waals surface area contributed by atoms with Crippen molar-refractivity contribution in [2.24, 2.45) is 0 Å². The van der Waals surface area contributed by atoms with Gasteiger partial charge < -0.3 is 10.0 Å². The summed E-state index contributed by atoms with van der Waals surface area (Å²) in [5.41, 5.74) is 0. The van der Waals surface area contributed by atoms with Crippen molar-refractivity contribution in [1.29, 1.82) is 0 Å². The van der Waals surface area contributed by atoms with Crippen molar-refractivity contribution in [3.8, 4) is 0 Å². The van der Waals surface area contributed by atoms with E-state index in [2.05, 4.69) is 19.0 Å². The predicted octanol–water partition coefficient (Wildman–Crippen LogP) is 0.621. The summed E-state index contributed by atoms with van der Waals surface area (Å²) in [5, 5.41) is 8.38. The van der Waals surface area contributed by atoms with Crippen LogP contribution in [0.15, 0.2) is 0 Å². The molecule has 0 heterocycles. The van der Waals surface area contributed by atoms with E-state index in [4.69, 9.17) is 5.11 Å². The van der Waals surface area contributed by atoms with Gasteiger partial charge in [0.2, 0.25) is 0 Å². The lowest BCUT2D eigenvalue weighted by Crippen LogP contribution is -2.13. The van der Waals surface area contributed by atoms with Crippen LogP contribution in [0, 0.1) is 0 Å². The molecule has 0 fully saturated rings. The fourth-order valence-electron chi connectivity index (χ4n) is 0.547. The van der Waals surface area contributed by atoms with Gasteiger partial charge >= 0.3 is 0 Å². The van der Waals surface area contributed by atoms with Crippen molar-refractivity contribution < 1.29 is 5.11 Å². The van der Waals surface area contributed by atoms with Gasteiger partial charge in [0.05, 0.1) is 5.94 Å². The van der Waals surface area contributed by atoms with E-state index in [1.165, 1.54) is 0 Å². The summed E-state index contributed by atoms with van der Waals surface area (Å²) in [6.07, 6.45) is 1.16. The molecule has 9 heavy (non-hydrogen) atoms. The van der Waals surface area contributed by atoms with Crippen LogP contribution in [0.2, 0.25) is 0 Å². The first-order valence-corrected chi connectivity index (χ1v) is 4.26. The van der Waals surface area contributed by atoms with Gasteiger partial charge in [-0.3, -0.25) is 0 Å². The SMILES string of the molecule is CN(C)CCCSCO. The van der Waals surface area contributed by atoms with Gasteiger partial charge in [0, 0.05) is 0 Å². The number of thioether (sulfide) groups is 1. The van der Waals surface area contributed by atoms with Crippen LogP contribution in [0.3, 0.4) is 0 Å².